The standard InChI is InChI=1S/C13H12N4O4/c18-11(19)6-5-10(13(20)21)16-17-12-8-3-1-2-4-9(8)14-7-15-12/h1-5,7,16H,6H2,(H,18,19)(H,20,21)(H,14,15,17)/p-2. The molecular formula is C13H10N4O4-2. The van der Waals surface area contributed by atoms with Crippen molar-refractivity contribution in [2.45, 2.75) is 6.42 Å². The van der Waals surface area contributed by atoms with Gasteiger partial charge in [-0.3, -0.25) is 10.9 Å². The highest BCUT2D eigenvalue weighted by molar-refractivity contribution is 5.89. The summed E-state index contributed by atoms with van der Waals surface area (Å²) in [6, 6.07) is 7.11. The molecule has 0 spiro atoms. The van der Waals surface area contributed by atoms with Crippen LogP contribution >= 0.6 is 0 Å². The van der Waals surface area contributed by atoms with Gasteiger partial charge in [-0.25, -0.2) is 9.97 Å². The first-order valence-corrected chi connectivity index (χ1v) is 5.91. The second-order valence-corrected chi connectivity index (χ2v) is 3.97. The zero-order valence-electron chi connectivity index (χ0n) is 10.7. The zero-order valence-corrected chi connectivity index (χ0v) is 10.7. The fourth-order valence-corrected chi connectivity index (χ4v) is 1.60. The Morgan fingerprint density at radius 2 is 1.95 bits per heavy atom. The highest BCUT2D eigenvalue weighted by Crippen LogP contribution is 2.17. The van der Waals surface area contributed by atoms with Crippen LogP contribution in [0, 0.1) is 0 Å². The summed E-state index contributed by atoms with van der Waals surface area (Å²) in [5.74, 6) is -2.61. The van der Waals surface area contributed by atoms with Gasteiger partial charge in [-0.2, -0.15) is 0 Å². The molecule has 0 radical (unpaired) electrons. The maximum Gasteiger partial charge on any atom is 0.155 e. The molecule has 108 valence electrons. The Morgan fingerprint density at radius 3 is 2.67 bits per heavy atom. The minimum Gasteiger partial charge on any atom is -0.550 e. The Hall–Kier alpha value is -3.16. The average molecular weight is 286 g/mol. The van der Waals surface area contributed by atoms with Crippen LogP contribution in [0.1, 0.15) is 6.42 Å². The van der Waals surface area contributed by atoms with Gasteiger partial charge in [0.05, 0.1) is 17.2 Å². The molecule has 0 atom stereocenters. The monoisotopic (exact) mass is 286 g/mol. The third-order valence-electron chi connectivity index (χ3n) is 2.55. The number of hydrogen-bond donors (Lipinski definition) is 2. The topological polar surface area (TPSA) is 130 Å². The molecule has 1 heterocycles. The number of anilines is 1. The van der Waals surface area contributed by atoms with Gasteiger partial charge >= 0.3 is 0 Å². The highest BCUT2D eigenvalue weighted by atomic mass is 16.4. The Balaban J connectivity index is 2.18. The van der Waals surface area contributed by atoms with Gasteiger partial charge < -0.3 is 19.8 Å². The third-order valence-corrected chi connectivity index (χ3v) is 2.55. The van der Waals surface area contributed by atoms with Crippen LogP contribution in [-0.2, 0) is 9.59 Å². The van der Waals surface area contributed by atoms with E-state index in [0.29, 0.717) is 16.7 Å². The van der Waals surface area contributed by atoms with Crippen molar-refractivity contribution in [2.24, 2.45) is 0 Å². The molecule has 0 unspecified atom stereocenters. The molecule has 8 heteroatoms. The zero-order chi connectivity index (χ0) is 15.2. The molecular weight excluding hydrogens is 276 g/mol. The quantitative estimate of drug-likeness (QED) is 0.475. The number of benzene rings is 1. The van der Waals surface area contributed by atoms with E-state index in [-0.39, 0.29) is 0 Å². The second kappa shape index (κ2) is 6.33. The predicted octanol–water partition coefficient (Wildman–Crippen LogP) is -1.68. The molecule has 0 saturated carbocycles. The maximum absolute atomic E-state index is 10.9. The SMILES string of the molecule is O=C([O-])CC=C(NNc1ncnc2ccccc12)C(=O)[O-]. The molecule has 21 heavy (non-hydrogen) atoms. The number of rotatable bonds is 6. The van der Waals surface area contributed by atoms with Gasteiger partial charge in [0.2, 0.25) is 0 Å². The third kappa shape index (κ3) is 3.66. The molecule has 0 amide bonds. The van der Waals surface area contributed by atoms with Crippen molar-refractivity contribution in [1.82, 2.24) is 15.4 Å². The number of carbonyl (C=O) groups is 2. The maximum atomic E-state index is 10.9. The number of aliphatic carboxylic acids is 2. The predicted molar refractivity (Wildman–Crippen MR) is 69.0 cm³/mol. The Labute approximate surface area is 119 Å². The van der Waals surface area contributed by atoms with Crippen molar-refractivity contribution in [3.63, 3.8) is 0 Å². The van der Waals surface area contributed by atoms with E-state index in [0.717, 1.165) is 6.08 Å². The molecule has 1 aromatic heterocycles. The van der Waals surface area contributed by atoms with Crippen LogP contribution in [0.2, 0.25) is 0 Å². The Bertz CT molecular complexity index is 709. The van der Waals surface area contributed by atoms with E-state index in [2.05, 4.69) is 20.8 Å². The number of para-hydroxylation sites is 1. The van der Waals surface area contributed by atoms with Crippen molar-refractivity contribution < 1.29 is 19.8 Å². The fourth-order valence-electron chi connectivity index (χ4n) is 1.60. The van der Waals surface area contributed by atoms with Gasteiger partial charge in [-0.1, -0.05) is 18.2 Å². The van der Waals surface area contributed by atoms with Crippen molar-refractivity contribution in [3.8, 4) is 0 Å². The number of aromatic nitrogens is 2. The van der Waals surface area contributed by atoms with Crippen LogP contribution in [0.5, 0.6) is 0 Å². The smallest absolute Gasteiger partial charge is 0.155 e. The van der Waals surface area contributed by atoms with Gasteiger partial charge in [0.15, 0.2) is 5.82 Å². The minimum atomic E-state index is -1.55. The lowest BCUT2D eigenvalue weighted by atomic mass is 10.2. The number of carboxylic acids is 2. The van der Waals surface area contributed by atoms with E-state index in [1.165, 1.54) is 6.33 Å². The minimum absolute atomic E-state index is 0.348. The van der Waals surface area contributed by atoms with Crippen molar-refractivity contribution in [3.05, 3.63) is 42.4 Å². The lowest BCUT2D eigenvalue weighted by Crippen LogP contribution is -2.36. The molecule has 0 aliphatic carbocycles. The number of carboxylic acid groups (broad SMARTS) is 2. The van der Waals surface area contributed by atoms with E-state index < -0.39 is 24.1 Å². The van der Waals surface area contributed by atoms with Crippen LogP contribution in [0.25, 0.3) is 10.9 Å². The van der Waals surface area contributed by atoms with Gasteiger partial charge in [-0.15, -0.1) is 0 Å². The van der Waals surface area contributed by atoms with Crippen LogP contribution in [-0.4, -0.2) is 21.9 Å². The van der Waals surface area contributed by atoms with Crippen LogP contribution in [0.3, 0.4) is 0 Å². The Kier molecular flexibility index (Phi) is 4.30. The summed E-state index contributed by atoms with van der Waals surface area (Å²) < 4.78 is 0. The molecule has 2 aromatic rings. The number of carbonyl (C=O) groups excluding carboxylic acids is 2. The van der Waals surface area contributed by atoms with E-state index in [1.807, 2.05) is 0 Å². The van der Waals surface area contributed by atoms with Crippen LogP contribution in [0.4, 0.5) is 5.82 Å². The number of hydrazine groups is 1. The highest BCUT2D eigenvalue weighted by Gasteiger charge is 2.03. The summed E-state index contributed by atoms with van der Waals surface area (Å²) in [6.45, 7) is 0. The first kappa shape index (κ1) is 14.3. The number of hydrogen-bond acceptors (Lipinski definition) is 8. The number of nitrogens with zero attached hydrogens (tertiary/aromatic N) is 2. The summed E-state index contributed by atoms with van der Waals surface area (Å²) in [5, 5.41) is 21.9. The van der Waals surface area contributed by atoms with E-state index in [1.54, 1.807) is 24.3 Å². The Morgan fingerprint density at radius 1 is 1.19 bits per heavy atom. The molecule has 2 N–H and O–H groups in total. The normalized spacial score (nSPS) is 11.1. The van der Waals surface area contributed by atoms with Crippen molar-refractivity contribution >= 4 is 28.7 Å². The number of nitrogens with one attached hydrogen (secondary N) is 2. The van der Waals surface area contributed by atoms with Gasteiger partial charge in [-0.05, 0) is 12.1 Å². The summed E-state index contributed by atoms with van der Waals surface area (Å²) >= 11 is 0. The lowest BCUT2D eigenvalue weighted by molar-refractivity contribution is -0.304. The van der Waals surface area contributed by atoms with E-state index in [9.17, 15) is 19.8 Å². The largest absolute Gasteiger partial charge is 0.550 e. The van der Waals surface area contributed by atoms with E-state index in [4.69, 9.17) is 0 Å². The van der Waals surface area contributed by atoms with Crippen LogP contribution in [0.15, 0.2) is 42.4 Å². The molecule has 2 rings (SSSR count). The van der Waals surface area contributed by atoms with E-state index >= 15 is 0 Å². The van der Waals surface area contributed by atoms with Gasteiger partial charge in [0, 0.05) is 17.8 Å². The average Bonchev–Trinajstić information content (AvgIpc) is 2.46. The first-order valence-electron chi connectivity index (χ1n) is 5.91. The van der Waals surface area contributed by atoms with Crippen LogP contribution < -0.4 is 21.1 Å². The molecule has 0 fully saturated rings. The summed E-state index contributed by atoms with van der Waals surface area (Å²) in [4.78, 5) is 29.2. The molecule has 0 aliphatic rings. The van der Waals surface area contributed by atoms with Crippen molar-refractivity contribution in [1.29, 1.82) is 0 Å². The second-order valence-electron chi connectivity index (χ2n) is 3.97. The molecule has 0 aliphatic heterocycles. The van der Waals surface area contributed by atoms with Gasteiger partial charge in [0.25, 0.3) is 0 Å². The van der Waals surface area contributed by atoms with Crippen molar-refractivity contribution in [2.75, 3.05) is 5.43 Å². The lowest BCUT2D eigenvalue weighted by Gasteiger charge is -2.14. The summed E-state index contributed by atoms with van der Waals surface area (Å²) in [6.07, 6.45) is 1.69. The molecule has 8 nitrogen and oxygen atoms in total. The molecule has 0 bridgehead atoms. The first-order chi connectivity index (χ1) is 10.1. The summed E-state index contributed by atoms with van der Waals surface area (Å²) in [7, 11) is 0. The number of fused-ring (bicyclic) bond motifs is 1. The molecule has 1 aromatic carbocycles. The fraction of sp³-hybridized carbons (Fsp3) is 0.0769. The summed E-state index contributed by atoms with van der Waals surface area (Å²) in [5.41, 5.74) is 5.18. The van der Waals surface area contributed by atoms with Gasteiger partial charge in [0.1, 0.15) is 6.33 Å². The molecule has 0 saturated heterocycles.